The highest BCUT2D eigenvalue weighted by atomic mass is 16.2. The monoisotopic (exact) mass is 268 g/mol. The van der Waals surface area contributed by atoms with Crippen LogP contribution >= 0.6 is 0 Å². The topological polar surface area (TPSA) is 46.3 Å². The molecule has 112 valence electrons. The molecule has 1 saturated carbocycles. The Morgan fingerprint density at radius 3 is 2.47 bits per heavy atom. The van der Waals surface area contributed by atoms with E-state index in [1.807, 2.05) is 11.9 Å². The summed E-state index contributed by atoms with van der Waals surface area (Å²) in [7, 11) is 1.99. The van der Waals surface area contributed by atoms with Crippen molar-refractivity contribution in [3.05, 3.63) is 0 Å². The average molecular weight is 268 g/mol. The van der Waals surface area contributed by atoms with Gasteiger partial charge in [-0.3, -0.25) is 4.79 Å². The summed E-state index contributed by atoms with van der Waals surface area (Å²) in [4.78, 5) is 14.3. The molecule has 0 spiro atoms. The van der Waals surface area contributed by atoms with Crippen LogP contribution in [0.15, 0.2) is 0 Å². The third kappa shape index (κ3) is 5.13. The smallest absolute Gasteiger partial charge is 0.222 e. The van der Waals surface area contributed by atoms with Gasteiger partial charge in [-0.25, -0.2) is 0 Å². The summed E-state index contributed by atoms with van der Waals surface area (Å²) in [6, 6.07) is 0.457. The van der Waals surface area contributed by atoms with Gasteiger partial charge in [0.15, 0.2) is 0 Å². The van der Waals surface area contributed by atoms with E-state index < -0.39 is 0 Å². The van der Waals surface area contributed by atoms with Gasteiger partial charge in [0.2, 0.25) is 5.91 Å². The largest absolute Gasteiger partial charge is 0.343 e. The first kappa shape index (κ1) is 16.5. The summed E-state index contributed by atoms with van der Waals surface area (Å²) in [5.74, 6) is 0.962. The number of rotatable bonds is 6. The van der Waals surface area contributed by atoms with Gasteiger partial charge in [-0.15, -0.1) is 0 Å². The maximum absolute atomic E-state index is 12.3. The molecule has 0 saturated heterocycles. The Morgan fingerprint density at radius 1 is 1.26 bits per heavy atom. The SMILES string of the molecule is CC1CCCCC1N(C)C(=O)CCC(C)(C)CCN. The first-order chi connectivity index (χ1) is 8.87. The van der Waals surface area contributed by atoms with Crippen LogP contribution in [0.3, 0.4) is 0 Å². The molecule has 1 aliphatic rings. The fraction of sp³-hybridized carbons (Fsp3) is 0.938. The van der Waals surface area contributed by atoms with Crippen molar-refractivity contribution in [1.29, 1.82) is 0 Å². The second-order valence-electron chi connectivity index (χ2n) is 7.04. The molecule has 2 N–H and O–H groups in total. The van der Waals surface area contributed by atoms with E-state index in [4.69, 9.17) is 5.73 Å². The highest BCUT2D eigenvalue weighted by Crippen LogP contribution is 2.30. The van der Waals surface area contributed by atoms with Gasteiger partial charge >= 0.3 is 0 Å². The summed E-state index contributed by atoms with van der Waals surface area (Å²) < 4.78 is 0. The fourth-order valence-corrected chi connectivity index (χ4v) is 3.19. The summed E-state index contributed by atoms with van der Waals surface area (Å²) in [6.07, 6.45) is 7.62. The lowest BCUT2D eigenvalue weighted by Crippen LogP contribution is -2.42. The highest BCUT2D eigenvalue weighted by Gasteiger charge is 2.28. The third-order valence-corrected chi connectivity index (χ3v) is 4.79. The Hall–Kier alpha value is -0.570. The standard InChI is InChI=1S/C16H32N2O/c1-13-7-5-6-8-14(13)18(4)15(19)9-10-16(2,3)11-12-17/h13-14H,5-12,17H2,1-4H3. The van der Waals surface area contributed by atoms with Crippen LogP contribution in [0.5, 0.6) is 0 Å². The third-order valence-electron chi connectivity index (χ3n) is 4.79. The van der Waals surface area contributed by atoms with Crippen LogP contribution in [0, 0.1) is 11.3 Å². The number of nitrogens with two attached hydrogens (primary N) is 1. The first-order valence-electron chi connectivity index (χ1n) is 7.83. The minimum atomic E-state index is 0.184. The number of hydrogen-bond acceptors (Lipinski definition) is 2. The molecule has 3 heteroatoms. The molecule has 1 amide bonds. The number of amides is 1. The van der Waals surface area contributed by atoms with Crippen molar-refractivity contribution in [2.45, 2.75) is 71.8 Å². The van der Waals surface area contributed by atoms with E-state index in [0.717, 1.165) is 12.8 Å². The second-order valence-corrected chi connectivity index (χ2v) is 7.04. The van der Waals surface area contributed by atoms with Crippen LogP contribution < -0.4 is 5.73 Å². The van der Waals surface area contributed by atoms with Crippen molar-refractivity contribution in [2.75, 3.05) is 13.6 Å². The quantitative estimate of drug-likeness (QED) is 0.804. The van der Waals surface area contributed by atoms with Crippen molar-refractivity contribution in [1.82, 2.24) is 4.90 Å². The van der Waals surface area contributed by atoms with Crippen molar-refractivity contribution in [2.24, 2.45) is 17.1 Å². The van der Waals surface area contributed by atoms with Crippen molar-refractivity contribution in [3.63, 3.8) is 0 Å². The van der Waals surface area contributed by atoms with E-state index in [1.165, 1.54) is 25.7 Å². The fourth-order valence-electron chi connectivity index (χ4n) is 3.19. The molecule has 0 radical (unpaired) electrons. The zero-order valence-corrected chi connectivity index (χ0v) is 13.2. The van der Waals surface area contributed by atoms with Crippen LogP contribution in [0.25, 0.3) is 0 Å². The Labute approximate surface area is 118 Å². The Morgan fingerprint density at radius 2 is 1.89 bits per heavy atom. The molecule has 1 rings (SSSR count). The molecule has 19 heavy (non-hydrogen) atoms. The van der Waals surface area contributed by atoms with E-state index in [-0.39, 0.29) is 5.41 Å². The molecule has 2 unspecified atom stereocenters. The average Bonchev–Trinajstić information content (AvgIpc) is 2.36. The zero-order valence-electron chi connectivity index (χ0n) is 13.2. The molecular formula is C16H32N2O. The zero-order chi connectivity index (χ0) is 14.5. The maximum Gasteiger partial charge on any atom is 0.222 e. The minimum Gasteiger partial charge on any atom is -0.343 e. The van der Waals surface area contributed by atoms with Crippen molar-refractivity contribution >= 4 is 5.91 Å². The lowest BCUT2D eigenvalue weighted by molar-refractivity contribution is -0.134. The van der Waals surface area contributed by atoms with Gasteiger partial charge in [0.25, 0.3) is 0 Å². The van der Waals surface area contributed by atoms with E-state index in [0.29, 0.717) is 30.8 Å². The second kappa shape index (κ2) is 7.28. The van der Waals surface area contributed by atoms with Crippen LogP contribution in [-0.2, 0) is 4.79 Å². The molecule has 3 nitrogen and oxygen atoms in total. The Balaban J connectivity index is 2.44. The van der Waals surface area contributed by atoms with E-state index >= 15 is 0 Å². The van der Waals surface area contributed by atoms with Crippen molar-refractivity contribution in [3.8, 4) is 0 Å². The molecule has 2 atom stereocenters. The van der Waals surface area contributed by atoms with Gasteiger partial charge < -0.3 is 10.6 Å². The molecule has 0 aromatic heterocycles. The van der Waals surface area contributed by atoms with Crippen LogP contribution in [0.1, 0.15) is 65.7 Å². The normalized spacial score (nSPS) is 24.3. The molecule has 0 aliphatic heterocycles. The molecular weight excluding hydrogens is 236 g/mol. The van der Waals surface area contributed by atoms with Gasteiger partial charge in [0.05, 0.1) is 0 Å². The van der Waals surface area contributed by atoms with Gasteiger partial charge in [0.1, 0.15) is 0 Å². The van der Waals surface area contributed by atoms with Crippen LogP contribution in [-0.4, -0.2) is 30.4 Å². The molecule has 0 bridgehead atoms. The van der Waals surface area contributed by atoms with E-state index in [9.17, 15) is 4.79 Å². The Kier molecular flexibility index (Phi) is 6.31. The van der Waals surface area contributed by atoms with Crippen molar-refractivity contribution < 1.29 is 4.79 Å². The number of carbonyl (C=O) groups excluding carboxylic acids is 1. The maximum atomic E-state index is 12.3. The predicted molar refractivity (Wildman–Crippen MR) is 80.9 cm³/mol. The molecule has 1 fully saturated rings. The van der Waals surface area contributed by atoms with Gasteiger partial charge in [0, 0.05) is 19.5 Å². The summed E-state index contributed by atoms with van der Waals surface area (Å²) >= 11 is 0. The van der Waals surface area contributed by atoms with E-state index in [1.54, 1.807) is 0 Å². The lowest BCUT2D eigenvalue weighted by atomic mass is 9.83. The molecule has 0 aromatic carbocycles. The summed E-state index contributed by atoms with van der Waals surface area (Å²) in [5, 5.41) is 0. The Bertz CT molecular complexity index is 288. The highest BCUT2D eigenvalue weighted by molar-refractivity contribution is 5.76. The number of carbonyl (C=O) groups is 1. The van der Waals surface area contributed by atoms with Gasteiger partial charge in [-0.2, -0.15) is 0 Å². The van der Waals surface area contributed by atoms with Gasteiger partial charge in [-0.1, -0.05) is 33.6 Å². The number of hydrogen-bond donors (Lipinski definition) is 1. The number of nitrogens with zero attached hydrogens (tertiary/aromatic N) is 1. The van der Waals surface area contributed by atoms with Crippen LogP contribution in [0.4, 0.5) is 0 Å². The van der Waals surface area contributed by atoms with Gasteiger partial charge in [-0.05, 0) is 43.6 Å². The predicted octanol–water partition coefficient (Wildman–Crippen LogP) is 3.18. The molecule has 0 heterocycles. The van der Waals surface area contributed by atoms with Crippen LogP contribution in [0.2, 0.25) is 0 Å². The minimum absolute atomic E-state index is 0.184. The van der Waals surface area contributed by atoms with E-state index in [2.05, 4.69) is 20.8 Å². The summed E-state index contributed by atoms with van der Waals surface area (Å²) in [5.41, 5.74) is 5.80. The first-order valence-corrected chi connectivity index (χ1v) is 7.83. The summed E-state index contributed by atoms with van der Waals surface area (Å²) in [6.45, 7) is 7.40. The lowest BCUT2D eigenvalue weighted by Gasteiger charge is -2.37. The molecule has 0 aromatic rings. The molecule has 1 aliphatic carbocycles.